The summed E-state index contributed by atoms with van der Waals surface area (Å²) >= 11 is 0. The zero-order chi connectivity index (χ0) is 10.2. The van der Waals surface area contributed by atoms with Crippen molar-refractivity contribution in [3.8, 4) is 5.75 Å². The van der Waals surface area contributed by atoms with Gasteiger partial charge < -0.3 is 9.47 Å². The molecular weight excluding hydrogens is 180 g/mol. The van der Waals surface area contributed by atoms with Gasteiger partial charge in [0.2, 0.25) is 0 Å². The molecule has 0 aliphatic rings. The van der Waals surface area contributed by atoms with Crippen molar-refractivity contribution in [2.24, 2.45) is 0 Å². The first-order valence-electron chi connectivity index (χ1n) is 4.20. The van der Waals surface area contributed by atoms with Crippen LogP contribution >= 0.6 is 0 Å². The van der Waals surface area contributed by atoms with Crippen molar-refractivity contribution >= 4 is 12.4 Å². The van der Waals surface area contributed by atoms with Crippen LogP contribution in [0.15, 0.2) is 30.3 Å². The molecule has 0 aliphatic carbocycles. The van der Waals surface area contributed by atoms with E-state index >= 15 is 0 Å². The number of carbonyl (C=O) groups excluding carboxylic acids is 1. The summed E-state index contributed by atoms with van der Waals surface area (Å²) in [6.07, 6.45) is 3.92. The Morgan fingerprint density at radius 2 is 2.00 bits per heavy atom. The molecule has 0 aliphatic heterocycles. The second-order valence-corrected chi connectivity index (χ2v) is 2.62. The zero-order valence-electron chi connectivity index (χ0n) is 7.97. The summed E-state index contributed by atoms with van der Waals surface area (Å²) in [4.78, 5) is 10.1. The van der Waals surface area contributed by atoms with E-state index in [9.17, 15) is 4.79 Å². The molecule has 0 saturated heterocycles. The van der Waals surface area contributed by atoms with Crippen molar-refractivity contribution in [3.63, 3.8) is 0 Å². The Balaban J connectivity index is 2.59. The van der Waals surface area contributed by atoms with Gasteiger partial charge in [-0.15, -0.1) is 0 Å². The normalized spacial score (nSPS) is 10.4. The maximum absolute atomic E-state index is 10.1. The number of benzene rings is 1. The van der Waals surface area contributed by atoms with E-state index in [4.69, 9.17) is 9.47 Å². The Morgan fingerprint density at radius 3 is 2.57 bits per heavy atom. The third kappa shape index (κ3) is 3.41. The van der Waals surface area contributed by atoms with Gasteiger partial charge in [-0.25, -0.2) is 0 Å². The smallest absolute Gasteiger partial charge is 0.188 e. The number of carbonyl (C=O) groups is 1. The fourth-order valence-electron chi connectivity index (χ4n) is 0.953. The van der Waals surface area contributed by atoms with Crippen molar-refractivity contribution in [2.45, 2.75) is 0 Å². The number of allylic oxidation sites excluding steroid dienone is 1. The second kappa shape index (κ2) is 5.94. The largest absolute Gasteiger partial charge is 0.468 e. The lowest BCUT2D eigenvalue weighted by Crippen LogP contribution is -1.98. The molecule has 0 radical (unpaired) electrons. The van der Waals surface area contributed by atoms with Gasteiger partial charge in [0, 0.05) is 7.11 Å². The molecule has 1 rings (SSSR count). The predicted octanol–water partition coefficient (Wildman–Crippen LogP) is 1.88. The SMILES string of the molecule is COCOc1ccc(C=CC=O)cc1. The maximum atomic E-state index is 10.1. The van der Waals surface area contributed by atoms with E-state index in [1.807, 2.05) is 24.3 Å². The van der Waals surface area contributed by atoms with Crippen LogP contribution in [-0.2, 0) is 9.53 Å². The first kappa shape index (κ1) is 10.5. The van der Waals surface area contributed by atoms with Crippen LogP contribution in [0.5, 0.6) is 5.75 Å². The van der Waals surface area contributed by atoms with E-state index in [0.717, 1.165) is 17.6 Å². The van der Waals surface area contributed by atoms with Crippen molar-refractivity contribution in [1.82, 2.24) is 0 Å². The Bertz CT molecular complexity index is 301. The van der Waals surface area contributed by atoms with E-state index in [-0.39, 0.29) is 6.79 Å². The minimum Gasteiger partial charge on any atom is -0.468 e. The molecule has 0 amide bonds. The number of hydrogen-bond donors (Lipinski definition) is 0. The summed E-state index contributed by atoms with van der Waals surface area (Å²) in [5.74, 6) is 0.745. The number of methoxy groups -OCH3 is 1. The van der Waals surface area contributed by atoms with Crippen LogP contribution in [0.1, 0.15) is 5.56 Å². The average molecular weight is 192 g/mol. The standard InChI is InChI=1S/C11H12O3/c1-13-9-14-11-6-4-10(5-7-11)3-2-8-12/h2-8H,9H2,1H3. The van der Waals surface area contributed by atoms with Gasteiger partial charge in [-0.1, -0.05) is 18.2 Å². The van der Waals surface area contributed by atoms with Crippen LogP contribution in [-0.4, -0.2) is 20.2 Å². The highest BCUT2D eigenvalue weighted by atomic mass is 16.7. The monoisotopic (exact) mass is 192 g/mol. The van der Waals surface area contributed by atoms with E-state index in [1.54, 1.807) is 13.2 Å². The maximum Gasteiger partial charge on any atom is 0.188 e. The van der Waals surface area contributed by atoms with Crippen molar-refractivity contribution < 1.29 is 14.3 Å². The van der Waals surface area contributed by atoms with Crippen molar-refractivity contribution in [3.05, 3.63) is 35.9 Å². The molecule has 1 aromatic carbocycles. The Hall–Kier alpha value is -1.61. The highest BCUT2D eigenvalue weighted by Gasteiger charge is 1.91. The van der Waals surface area contributed by atoms with Gasteiger partial charge in [0.05, 0.1) is 0 Å². The highest BCUT2D eigenvalue weighted by molar-refractivity contribution is 5.73. The summed E-state index contributed by atoms with van der Waals surface area (Å²) in [6.45, 7) is 0.240. The number of hydrogen-bond acceptors (Lipinski definition) is 3. The molecule has 0 atom stereocenters. The lowest BCUT2D eigenvalue weighted by atomic mass is 10.2. The number of rotatable bonds is 5. The Kier molecular flexibility index (Phi) is 4.44. The van der Waals surface area contributed by atoms with Gasteiger partial charge in [0.1, 0.15) is 12.0 Å². The molecule has 0 spiro atoms. The average Bonchev–Trinajstić information content (AvgIpc) is 2.25. The van der Waals surface area contributed by atoms with Gasteiger partial charge in [-0.05, 0) is 23.8 Å². The minimum absolute atomic E-state index is 0.240. The first-order chi connectivity index (χ1) is 6.86. The third-order valence-electron chi connectivity index (χ3n) is 1.59. The summed E-state index contributed by atoms with van der Waals surface area (Å²) in [5, 5.41) is 0. The highest BCUT2D eigenvalue weighted by Crippen LogP contribution is 2.12. The van der Waals surface area contributed by atoms with Crippen LogP contribution in [0.25, 0.3) is 6.08 Å². The van der Waals surface area contributed by atoms with Gasteiger partial charge >= 0.3 is 0 Å². The van der Waals surface area contributed by atoms with Crippen LogP contribution in [0.2, 0.25) is 0 Å². The molecular formula is C11H12O3. The van der Waals surface area contributed by atoms with Gasteiger partial charge in [-0.2, -0.15) is 0 Å². The summed E-state index contributed by atoms with van der Waals surface area (Å²) in [7, 11) is 1.57. The van der Waals surface area contributed by atoms with Gasteiger partial charge in [0.25, 0.3) is 0 Å². The van der Waals surface area contributed by atoms with E-state index < -0.39 is 0 Å². The molecule has 3 heteroatoms. The molecule has 0 bridgehead atoms. The third-order valence-corrected chi connectivity index (χ3v) is 1.59. The molecule has 3 nitrogen and oxygen atoms in total. The van der Waals surface area contributed by atoms with Crippen LogP contribution in [0.3, 0.4) is 0 Å². The molecule has 0 saturated carbocycles. The minimum atomic E-state index is 0.240. The van der Waals surface area contributed by atoms with E-state index in [2.05, 4.69) is 0 Å². The van der Waals surface area contributed by atoms with Gasteiger partial charge in [-0.3, -0.25) is 4.79 Å². The van der Waals surface area contributed by atoms with Gasteiger partial charge in [0.15, 0.2) is 6.79 Å². The topological polar surface area (TPSA) is 35.5 Å². The van der Waals surface area contributed by atoms with Crippen LogP contribution in [0, 0.1) is 0 Å². The number of ether oxygens (including phenoxy) is 2. The molecule has 0 N–H and O–H groups in total. The molecule has 0 fully saturated rings. The molecule has 0 aromatic heterocycles. The molecule has 1 aromatic rings. The van der Waals surface area contributed by atoms with Crippen molar-refractivity contribution in [1.29, 1.82) is 0 Å². The fraction of sp³-hybridized carbons (Fsp3) is 0.182. The lowest BCUT2D eigenvalue weighted by Gasteiger charge is -2.03. The first-order valence-corrected chi connectivity index (χ1v) is 4.20. The number of aldehydes is 1. The lowest BCUT2D eigenvalue weighted by molar-refractivity contribution is -0.104. The van der Waals surface area contributed by atoms with E-state index in [0.29, 0.717) is 0 Å². The van der Waals surface area contributed by atoms with Crippen LogP contribution in [0.4, 0.5) is 0 Å². The second-order valence-electron chi connectivity index (χ2n) is 2.62. The fourth-order valence-corrected chi connectivity index (χ4v) is 0.953. The molecule has 0 unspecified atom stereocenters. The predicted molar refractivity (Wildman–Crippen MR) is 54.0 cm³/mol. The van der Waals surface area contributed by atoms with Crippen LogP contribution < -0.4 is 4.74 Å². The molecule has 14 heavy (non-hydrogen) atoms. The van der Waals surface area contributed by atoms with Crippen molar-refractivity contribution in [2.75, 3.05) is 13.9 Å². The molecule has 74 valence electrons. The zero-order valence-corrected chi connectivity index (χ0v) is 7.97. The summed E-state index contributed by atoms with van der Waals surface area (Å²) < 4.78 is 9.96. The summed E-state index contributed by atoms with van der Waals surface area (Å²) in [5.41, 5.74) is 0.960. The Morgan fingerprint density at radius 1 is 1.29 bits per heavy atom. The molecule has 0 heterocycles. The Labute approximate surface area is 83.0 Å². The quantitative estimate of drug-likeness (QED) is 0.406. The summed E-state index contributed by atoms with van der Waals surface area (Å²) in [6, 6.07) is 7.38. The van der Waals surface area contributed by atoms with E-state index in [1.165, 1.54) is 6.08 Å².